The highest BCUT2D eigenvalue weighted by Crippen LogP contribution is 2.32. The Kier molecular flexibility index (Phi) is 5.87. The fourth-order valence-corrected chi connectivity index (χ4v) is 3.50. The Morgan fingerprint density at radius 1 is 1.21 bits per heavy atom. The Morgan fingerprint density at radius 3 is 2.50 bits per heavy atom. The standard InChI is InChI=1S/C19H19F3IN3O2/c1-10(24-2)19(28)8-26(9-19)18(27)12-4-5-13(20)16(22)17(12)25-15-6-3-11(23)7-14(15)21/h3-7,10,24-25,28H,8-9H2,1-2H3/t10-/m0/s1. The zero-order valence-electron chi connectivity index (χ0n) is 15.2. The largest absolute Gasteiger partial charge is 0.385 e. The van der Waals surface area contributed by atoms with E-state index in [1.807, 2.05) is 22.6 Å². The van der Waals surface area contributed by atoms with Gasteiger partial charge in [-0.25, -0.2) is 13.2 Å². The van der Waals surface area contributed by atoms with Crippen LogP contribution >= 0.6 is 22.6 Å². The maximum atomic E-state index is 14.4. The number of carbonyl (C=O) groups is 1. The Morgan fingerprint density at radius 2 is 1.89 bits per heavy atom. The second-order valence-corrected chi connectivity index (χ2v) is 8.05. The Bertz CT molecular complexity index is 920. The summed E-state index contributed by atoms with van der Waals surface area (Å²) in [6.07, 6.45) is 0. The van der Waals surface area contributed by atoms with Gasteiger partial charge in [0, 0.05) is 9.61 Å². The van der Waals surface area contributed by atoms with Gasteiger partial charge in [0.2, 0.25) is 0 Å². The van der Waals surface area contributed by atoms with Gasteiger partial charge in [-0.15, -0.1) is 0 Å². The number of nitrogens with zero attached hydrogens (tertiary/aromatic N) is 1. The van der Waals surface area contributed by atoms with E-state index < -0.39 is 34.6 Å². The molecule has 1 fully saturated rings. The minimum Gasteiger partial charge on any atom is -0.385 e. The predicted octanol–water partition coefficient (Wildman–Crippen LogP) is 3.25. The van der Waals surface area contributed by atoms with Crippen molar-refractivity contribution >= 4 is 39.9 Å². The van der Waals surface area contributed by atoms with E-state index in [2.05, 4.69) is 10.6 Å². The van der Waals surface area contributed by atoms with E-state index in [0.717, 1.165) is 12.1 Å². The third-order valence-electron chi connectivity index (χ3n) is 4.97. The number of benzene rings is 2. The Hall–Kier alpha value is -1.85. The fourth-order valence-electron chi connectivity index (χ4n) is 3.05. The normalized spacial score (nSPS) is 16.5. The molecule has 0 saturated carbocycles. The number of likely N-dealkylation sites (tertiary alicyclic amines) is 1. The van der Waals surface area contributed by atoms with Crippen molar-refractivity contribution in [3.63, 3.8) is 0 Å². The van der Waals surface area contributed by atoms with Crippen LogP contribution in [-0.2, 0) is 0 Å². The number of anilines is 2. The number of halogens is 4. The molecule has 1 amide bonds. The summed E-state index contributed by atoms with van der Waals surface area (Å²) in [6.45, 7) is 1.88. The maximum absolute atomic E-state index is 14.4. The van der Waals surface area contributed by atoms with Crippen LogP contribution in [0.5, 0.6) is 0 Å². The summed E-state index contributed by atoms with van der Waals surface area (Å²) in [7, 11) is 1.69. The van der Waals surface area contributed by atoms with Crippen LogP contribution < -0.4 is 10.6 Å². The van der Waals surface area contributed by atoms with Crippen molar-refractivity contribution in [2.45, 2.75) is 18.6 Å². The van der Waals surface area contributed by atoms with Gasteiger partial charge in [-0.2, -0.15) is 0 Å². The molecule has 0 unspecified atom stereocenters. The predicted molar refractivity (Wildman–Crippen MR) is 108 cm³/mol. The van der Waals surface area contributed by atoms with Gasteiger partial charge in [0.05, 0.1) is 30.0 Å². The number of aliphatic hydroxyl groups is 1. The molecule has 5 nitrogen and oxygen atoms in total. The van der Waals surface area contributed by atoms with Crippen molar-refractivity contribution in [3.8, 4) is 0 Å². The van der Waals surface area contributed by atoms with Gasteiger partial charge in [0.25, 0.3) is 5.91 Å². The van der Waals surface area contributed by atoms with Gasteiger partial charge in [0.1, 0.15) is 11.4 Å². The monoisotopic (exact) mass is 505 g/mol. The lowest BCUT2D eigenvalue weighted by molar-refractivity contribution is -0.0990. The molecule has 0 aliphatic carbocycles. The van der Waals surface area contributed by atoms with Crippen molar-refractivity contribution in [2.75, 3.05) is 25.5 Å². The van der Waals surface area contributed by atoms with Crippen LogP contribution in [0, 0.1) is 21.0 Å². The number of carbonyl (C=O) groups excluding carboxylic acids is 1. The van der Waals surface area contributed by atoms with Gasteiger partial charge < -0.3 is 20.6 Å². The average molecular weight is 505 g/mol. The second-order valence-electron chi connectivity index (χ2n) is 6.81. The summed E-state index contributed by atoms with van der Waals surface area (Å²) >= 11 is 1.92. The molecule has 1 saturated heterocycles. The molecule has 0 aromatic heterocycles. The van der Waals surface area contributed by atoms with Crippen molar-refractivity contribution in [1.82, 2.24) is 10.2 Å². The lowest BCUT2D eigenvalue weighted by Crippen LogP contribution is -2.70. The third kappa shape index (κ3) is 3.83. The molecular weight excluding hydrogens is 486 g/mol. The molecule has 1 aliphatic heterocycles. The minimum absolute atomic E-state index is 0.0458. The molecule has 1 atom stereocenters. The first-order valence-electron chi connectivity index (χ1n) is 8.55. The molecule has 2 aromatic rings. The first kappa shape index (κ1) is 20.9. The molecule has 2 aromatic carbocycles. The molecular formula is C19H19F3IN3O2. The SMILES string of the molecule is CN[C@@H](C)C1(O)CN(C(=O)c2ccc(F)c(F)c2Nc2ccc(I)cc2F)C1. The minimum atomic E-state index is -1.27. The summed E-state index contributed by atoms with van der Waals surface area (Å²) in [5.74, 6) is -3.67. The topological polar surface area (TPSA) is 64.6 Å². The second kappa shape index (κ2) is 7.88. The zero-order valence-corrected chi connectivity index (χ0v) is 17.4. The third-order valence-corrected chi connectivity index (χ3v) is 5.64. The highest BCUT2D eigenvalue weighted by Gasteiger charge is 2.47. The van der Waals surface area contributed by atoms with Crippen molar-refractivity contribution in [3.05, 3.63) is 56.9 Å². The molecule has 0 radical (unpaired) electrons. The van der Waals surface area contributed by atoms with Crippen molar-refractivity contribution < 1.29 is 23.1 Å². The van der Waals surface area contributed by atoms with E-state index in [9.17, 15) is 23.1 Å². The van der Waals surface area contributed by atoms with Crippen LogP contribution in [-0.4, -0.2) is 47.7 Å². The fraction of sp³-hybridized carbons (Fsp3) is 0.316. The number of likely N-dealkylation sites (N-methyl/N-ethyl adjacent to an activating group) is 1. The number of amides is 1. The van der Waals surface area contributed by atoms with Crippen LogP contribution in [0.4, 0.5) is 24.5 Å². The van der Waals surface area contributed by atoms with Crippen LogP contribution in [0.15, 0.2) is 30.3 Å². The lowest BCUT2D eigenvalue weighted by atomic mass is 9.86. The average Bonchev–Trinajstić information content (AvgIpc) is 2.63. The van der Waals surface area contributed by atoms with Crippen LogP contribution in [0.25, 0.3) is 0 Å². The first-order valence-corrected chi connectivity index (χ1v) is 9.63. The number of hydrogen-bond acceptors (Lipinski definition) is 4. The lowest BCUT2D eigenvalue weighted by Gasteiger charge is -2.49. The van der Waals surface area contributed by atoms with Gasteiger partial charge in [-0.3, -0.25) is 4.79 Å². The van der Waals surface area contributed by atoms with Gasteiger partial charge in [-0.1, -0.05) is 0 Å². The van der Waals surface area contributed by atoms with Crippen LogP contribution in [0.1, 0.15) is 17.3 Å². The molecule has 0 spiro atoms. The molecule has 150 valence electrons. The Balaban J connectivity index is 1.90. The first-order chi connectivity index (χ1) is 13.2. The highest BCUT2D eigenvalue weighted by atomic mass is 127. The maximum Gasteiger partial charge on any atom is 0.256 e. The van der Waals surface area contributed by atoms with Gasteiger partial charge >= 0.3 is 0 Å². The van der Waals surface area contributed by atoms with Crippen molar-refractivity contribution in [2.24, 2.45) is 0 Å². The molecule has 9 heteroatoms. The summed E-state index contributed by atoms with van der Waals surface area (Å²) in [5, 5.41) is 15.9. The summed E-state index contributed by atoms with van der Waals surface area (Å²) < 4.78 is 43.0. The molecule has 0 bridgehead atoms. The number of nitrogens with one attached hydrogen (secondary N) is 2. The summed E-state index contributed by atoms with van der Waals surface area (Å²) in [6, 6.07) is 5.95. The quantitative estimate of drug-likeness (QED) is 0.547. The number of β-amino-alcohol motifs (C(OH)–C–C–N with tert-alkyl or cyclic N) is 1. The molecule has 1 aliphatic rings. The van der Waals surface area contributed by atoms with E-state index in [0.29, 0.717) is 3.57 Å². The molecule has 3 N–H and O–H groups in total. The van der Waals surface area contributed by atoms with E-state index in [1.165, 1.54) is 17.0 Å². The Labute approximate surface area is 174 Å². The van der Waals surface area contributed by atoms with E-state index in [4.69, 9.17) is 0 Å². The van der Waals surface area contributed by atoms with E-state index in [1.54, 1.807) is 20.0 Å². The summed E-state index contributed by atoms with van der Waals surface area (Å²) in [4.78, 5) is 14.1. The summed E-state index contributed by atoms with van der Waals surface area (Å²) in [5.41, 5.74) is -1.76. The number of rotatable bonds is 5. The molecule has 1 heterocycles. The smallest absolute Gasteiger partial charge is 0.256 e. The van der Waals surface area contributed by atoms with Crippen LogP contribution in [0.2, 0.25) is 0 Å². The molecule has 3 rings (SSSR count). The molecule has 28 heavy (non-hydrogen) atoms. The number of hydrogen-bond donors (Lipinski definition) is 3. The van der Waals surface area contributed by atoms with Gasteiger partial charge in [-0.05, 0) is 66.9 Å². The van der Waals surface area contributed by atoms with E-state index in [-0.39, 0.29) is 30.4 Å². The van der Waals surface area contributed by atoms with Crippen molar-refractivity contribution in [1.29, 1.82) is 0 Å². The van der Waals surface area contributed by atoms with Crippen LogP contribution in [0.3, 0.4) is 0 Å². The highest BCUT2D eigenvalue weighted by molar-refractivity contribution is 14.1. The van der Waals surface area contributed by atoms with Gasteiger partial charge in [0.15, 0.2) is 11.6 Å². The van der Waals surface area contributed by atoms with E-state index >= 15 is 0 Å². The zero-order chi connectivity index (χ0) is 20.6.